The minimum atomic E-state index is -0.869. The van der Waals surface area contributed by atoms with Crippen LogP contribution in [-0.4, -0.2) is 39.4 Å². The molecule has 4 rings (SSSR count). The van der Waals surface area contributed by atoms with Crippen molar-refractivity contribution in [3.63, 3.8) is 0 Å². The predicted octanol–water partition coefficient (Wildman–Crippen LogP) is 1.24. The summed E-state index contributed by atoms with van der Waals surface area (Å²) in [4.78, 5) is 43.6. The Morgan fingerprint density at radius 2 is 1.89 bits per heavy atom. The van der Waals surface area contributed by atoms with Crippen molar-refractivity contribution in [3.8, 4) is 0 Å². The van der Waals surface area contributed by atoms with Crippen LogP contribution in [0.5, 0.6) is 0 Å². The van der Waals surface area contributed by atoms with Crippen molar-refractivity contribution in [1.82, 2.24) is 19.8 Å². The Bertz CT molecular complexity index is 1110. The number of fused-ring (bicyclic) bond motifs is 1. The second kappa shape index (κ2) is 7.22. The third-order valence-corrected chi connectivity index (χ3v) is 4.76. The predicted molar refractivity (Wildman–Crippen MR) is 99.9 cm³/mol. The van der Waals surface area contributed by atoms with Gasteiger partial charge in [0.1, 0.15) is 18.4 Å². The Morgan fingerprint density at radius 1 is 1.14 bits per heavy atom. The Kier molecular flexibility index (Phi) is 4.60. The molecule has 2 heterocycles. The molecule has 1 N–H and O–H groups in total. The summed E-state index contributed by atoms with van der Waals surface area (Å²) in [5, 5.41) is 3.14. The van der Waals surface area contributed by atoms with Crippen molar-refractivity contribution in [2.45, 2.75) is 12.6 Å². The minimum absolute atomic E-state index is 0.234. The Labute approximate surface area is 159 Å². The maximum Gasteiger partial charge on any atom is 0.261 e. The van der Waals surface area contributed by atoms with Crippen LogP contribution in [-0.2, 0) is 16.1 Å². The molecule has 1 aliphatic rings. The topological polar surface area (TPSA) is 84.3 Å². The van der Waals surface area contributed by atoms with Crippen LogP contribution in [0.1, 0.15) is 11.6 Å². The van der Waals surface area contributed by atoms with Gasteiger partial charge in [0.25, 0.3) is 5.56 Å². The van der Waals surface area contributed by atoms with E-state index in [-0.39, 0.29) is 23.9 Å². The van der Waals surface area contributed by atoms with Crippen LogP contribution in [0.2, 0.25) is 0 Å². The highest BCUT2D eigenvalue weighted by molar-refractivity contribution is 5.90. The van der Waals surface area contributed by atoms with Crippen LogP contribution >= 0.6 is 0 Å². The van der Waals surface area contributed by atoms with Crippen molar-refractivity contribution in [3.05, 3.63) is 76.6 Å². The van der Waals surface area contributed by atoms with Gasteiger partial charge < -0.3 is 10.2 Å². The summed E-state index contributed by atoms with van der Waals surface area (Å²) in [6, 6.07) is 11.5. The van der Waals surface area contributed by atoms with E-state index in [9.17, 15) is 18.8 Å². The Hall–Kier alpha value is -3.55. The molecule has 28 heavy (non-hydrogen) atoms. The first-order chi connectivity index (χ1) is 13.5. The molecule has 0 radical (unpaired) electrons. The first-order valence-corrected chi connectivity index (χ1v) is 8.81. The van der Waals surface area contributed by atoms with Gasteiger partial charge in [-0.3, -0.25) is 19.0 Å². The van der Waals surface area contributed by atoms with Gasteiger partial charge in [-0.1, -0.05) is 24.3 Å². The molecular weight excluding hydrogens is 363 g/mol. The zero-order valence-electron chi connectivity index (χ0n) is 14.8. The molecule has 1 saturated heterocycles. The summed E-state index contributed by atoms with van der Waals surface area (Å²) in [5.41, 5.74) is 0.743. The van der Waals surface area contributed by atoms with Gasteiger partial charge >= 0.3 is 0 Å². The summed E-state index contributed by atoms with van der Waals surface area (Å²) in [6.07, 6.45) is 1.33. The van der Waals surface area contributed by atoms with E-state index in [4.69, 9.17) is 0 Å². The van der Waals surface area contributed by atoms with Gasteiger partial charge in [-0.25, -0.2) is 9.37 Å². The van der Waals surface area contributed by atoms with Crippen molar-refractivity contribution >= 4 is 22.7 Å². The number of piperazine rings is 1. The van der Waals surface area contributed by atoms with E-state index >= 15 is 0 Å². The molecule has 1 atom stereocenters. The number of hydrogen-bond donors (Lipinski definition) is 1. The third-order valence-electron chi connectivity index (χ3n) is 4.76. The maximum absolute atomic E-state index is 13.2. The first kappa shape index (κ1) is 17.8. The van der Waals surface area contributed by atoms with Crippen LogP contribution in [0.4, 0.5) is 4.39 Å². The number of benzene rings is 2. The van der Waals surface area contributed by atoms with E-state index in [0.29, 0.717) is 29.6 Å². The molecule has 1 aromatic heterocycles. The average molecular weight is 380 g/mol. The number of carbonyl (C=O) groups excluding carboxylic acids is 2. The highest BCUT2D eigenvalue weighted by atomic mass is 19.1. The quantitative estimate of drug-likeness (QED) is 0.741. The summed E-state index contributed by atoms with van der Waals surface area (Å²) in [6.45, 7) is 0.372. The van der Waals surface area contributed by atoms with Gasteiger partial charge in [-0.2, -0.15) is 0 Å². The lowest BCUT2D eigenvalue weighted by atomic mass is 10.0. The van der Waals surface area contributed by atoms with Gasteiger partial charge in [0, 0.05) is 13.1 Å². The molecular formula is C20H17FN4O3. The van der Waals surface area contributed by atoms with Gasteiger partial charge in [-0.15, -0.1) is 0 Å². The molecule has 2 aromatic carbocycles. The number of carbonyl (C=O) groups is 2. The lowest BCUT2D eigenvalue weighted by Gasteiger charge is -2.35. The van der Waals surface area contributed by atoms with Crippen LogP contribution in [0.25, 0.3) is 10.9 Å². The molecule has 1 fully saturated rings. The summed E-state index contributed by atoms with van der Waals surface area (Å²) in [5.74, 6) is -1.15. The van der Waals surface area contributed by atoms with Crippen LogP contribution in [0, 0.1) is 5.82 Å². The molecule has 0 unspecified atom stereocenters. The summed E-state index contributed by atoms with van der Waals surface area (Å²) in [7, 11) is 0. The minimum Gasteiger partial charge on any atom is -0.352 e. The fraction of sp³-hybridized carbons (Fsp3) is 0.200. The summed E-state index contributed by atoms with van der Waals surface area (Å²) >= 11 is 0. The lowest BCUT2D eigenvalue weighted by molar-refractivity contribution is -0.144. The molecule has 0 spiro atoms. The van der Waals surface area contributed by atoms with Crippen LogP contribution in [0.15, 0.2) is 59.7 Å². The van der Waals surface area contributed by atoms with Gasteiger partial charge in [-0.05, 0) is 29.8 Å². The first-order valence-electron chi connectivity index (χ1n) is 8.81. The number of aromatic nitrogens is 2. The fourth-order valence-electron chi connectivity index (χ4n) is 3.37. The smallest absolute Gasteiger partial charge is 0.261 e. The number of para-hydroxylation sites is 1. The maximum atomic E-state index is 13.2. The number of rotatable bonds is 3. The highest BCUT2D eigenvalue weighted by Gasteiger charge is 2.34. The second-order valence-electron chi connectivity index (χ2n) is 6.53. The van der Waals surface area contributed by atoms with Crippen molar-refractivity contribution in [2.24, 2.45) is 0 Å². The third kappa shape index (κ3) is 3.24. The van der Waals surface area contributed by atoms with Gasteiger partial charge in [0.05, 0.1) is 17.2 Å². The average Bonchev–Trinajstić information content (AvgIpc) is 2.71. The van der Waals surface area contributed by atoms with E-state index in [1.54, 1.807) is 24.3 Å². The van der Waals surface area contributed by atoms with Gasteiger partial charge in [0.15, 0.2) is 0 Å². The van der Waals surface area contributed by atoms with Crippen molar-refractivity contribution in [1.29, 1.82) is 0 Å². The number of amides is 2. The normalized spacial score (nSPS) is 16.8. The van der Waals surface area contributed by atoms with Crippen LogP contribution in [0.3, 0.4) is 0 Å². The highest BCUT2D eigenvalue weighted by Crippen LogP contribution is 2.24. The largest absolute Gasteiger partial charge is 0.352 e. The molecule has 0 aliphatic carbocycles. The molecule has 142 valence electrons. The van der Waals surface area contributed by atoms with E-state index in [1.165, 1.54) is 40.1 Å². The monoisotopic (exact) mass is 380 g/mol. The second-order valence-corrected chi connectivity index (χ2v) is 6.53. The Morgan fingerprint density at radius 3 is 2.68 bits per heavy atom. The standard InChI is InChI=1S/C20H17FN4O3/c21-14-7-5-13(6-8-14)18-19(27)22-9-10-25(18)17(26)11-24-12-23-16-4-2-1-3-15(16)20(24)28/h1-8,12,18H,9-11H2,(H,22,27)/t18-/m0/s1. The van der Waals surface area contributed by atoms with Crippen molar-refractivity contribution < 1.29 is 14.0 Å². The molecule has 3 aromatic rings. The summed E-state index contributed by atoms with van der Waals surface area (Å²) < 4.78 is 14.5. The number of hydrogen-bond acceptors (Lipinski definition) is 4. The molecule has 0 saturated carbocycles. The van der Waals surface area contributed by atoms with E-state index in [1.807, 2.05) is 0 Å². The SMILES string of the molecule is O=C1NCCN(C(=O)Cn2cnc3ccccc3c2=O)[C@H]1c1ccc(F)cc1. The number of nitrogens with one attached hydrogen (secondary N) is 1. The molecule has 7 nitrogen and oxygen atoms in total. The van der Waals surface area contributed by atoms with Crippen molar-refractivity contribution in [2.75, 3.05) is 13.1 Å². The van der Waals surface area contributed by atoms with E-state index < -0.39 is 11.9 Å². The zero-order valence-corrected chi connectivity index (χ0v) is 14.8. The van der Waals surface area contributed by atoms with Gasteiger partial charge in [0.2, 0.25) is 11.8 Å². The van der Waals surface area contributed by atoms with E-state index in [2.05, 4.69) is 10.3 Å². The fourth-order valence-corrected chi connectivity index (χ4v) is 3.37. The molecule has 0 bridgehead atoms. The number of halogens is 1. The molecule has 1 aliphatic heterocycles. The molecule has 2 amide bonds. The molecule has 8 heteroatoms. The lowest BCUT2D eigenvalue weighted by Crippen LogP contribution is -2.53. The number of nitrogens with zero attached hydrogens (tertiary/aromatic N) is 3. The Balaban J connectivity index is 1.64. The zero-order chi connectivity index (χ0) is 19.7. The van der Waals surface area contributed by atoms with E-state index in [0.717, 1.165) is 0 Å². The van der Waals surface area contributed by atoms with Crippen LogP contribution < -0.4 is 10.9 Å².